The van der Waals surface area contributed by atoms with Crippen molar-refractivity contribution < 1.29 is 0 Å². The Balaban J connectivity index is 2.22. The molecule has 3 nitrogen and oxygen atoms in total. The minimum atomic E-state index is -0.0781. The molecule has 124 valence electrons. The Labute approximate surface area is 140 Å². The van der Waals surface area contributed by atoms with E-state index in [1.165, 1.54) is 16.8 Å². The molecule has 0 spiro atoms. The normalized spacial score (nSPS) is 29.5. The van der Waals surface area contributed by atoms with Crippen LogP contribution in [0.15, 0.2) is 35.6 Å². The number of aliphatic imine (C=N–C) groups is 1. The molecule has 2 aliphatic rings. The predicted molar refractivity (Wildman–Crippen MR) is 99.4 cm³/mol. The Morgan fingerprint density at radius 2 is 1.78 bits per heavy atom. The lowest BCUT2D eigenvalue weighted by molar-refractivity contribution is 0.521. The highest BCUT2D eigenvalue weighted by molar-refractivity contribution is 5.83. The molecule has 1 N–H and O–H groups in total. The van der Waals surface area contributed by atoms with Crippen molar-refractivity contribution in [2.75, 3.05) is 0 Å². The third-order valence-corrected chi connectivity index (χ3v) is 5.20. The quantitative estimate of drug-likeness (QED) is 0.619. The van der Waals surface area contributed by atoms with Crippen LogP contribution in [0.2, 0.25) is 0 Å². The molecule has 3 rings (SSSR count). The van der Waals surface area contributed by atoms with Crippen LogP contribution in [-0.2, 0) is 10.8 Å². The van der Waals surface area contributed by atoms with Crippen molar-refractivity contribution in [1.82, 2.24) is 10.0 Å². The molecule has 0 aromatic heterocycles. The molecule has 0 saturated carbocycles. The van der Waals surface area contributed by atoms with Gasteiger partial charge in [0, 0.05) is 18.1 Å². The van der Waals surface area contributed by atoms with Gasteiger partial charge in [-0.25, -0.2) is 0 Å². The average Bonchev–Trinajstić information content (AvgIpc) is 3.16. The van der Waals surface area contributed by atoms with E-state index in [0.717, 1.165) is 6.42 Å². The van der Waals surface area contributed by atoms with Crippen LogP contribution in [0.3, 0.4) is 0 Å². The van der Waals surface area contributed by atoms with Crippen LogP contribution in [0.4, 0.5) is 5.69 Å². The van der Waals surface area contributed by atoms with Gasteiger partial charge in [-0.05, 0) is 16.4 Å². The molecule has 1 fully saturated rings. The summed E-state index contributed by atoms with van der Waals surface area (Å²) in [6.07, 6.45) is 7.21. The minimum Gasteiger partial charge on any atom is -0.255 e. The Morgan fingerprint density at radius 1 is 1.09 bits per heavy atom. The van der Waals surface area contributed by atoms with Crippen LogP contribution >= 0.6 is 0 Å². The minimum absolute atomic E-state index is 0.0781. The van der Waals surface area contributed by atoms with Crippen LogP contribution in [0.25, 0.3) is 0 Å². The van der Waals surface area contributed by atoms with E-state index in [-0.39, 0.29) is 16.5 Å². The van der Waals surface area contributed by atoms with Gasteiger partial charge < -0.3 is 0 Å². The van der Waals surface area contributed by atoms with E-state index in [9.17, 15) is 0 Å². The molecule has 0 aliphatic carbocycles. The zero-order chi connectivity index (χ0) is 17.1. The number of nitrogens with zero attached hydrogens (tertiary/aromatic N) is 2. The lowest BCUT2D eigenvalue weighted by atomic mass is 9.80. The standard InChI is InChI=1S/C20H30N3/c1-8-20-14-21-11-12-23(20,22-20)17-13-15(18(2,3)4)9-10-16(17)19(5,6)7/h9-14,22H,8H2,1-7H3/q+1. The predicted octanol–water partition coefficient (Wildman–Crippen LogP) is 4.77. The number of hydrogen-bond acceptors (Lipinski definition) is 2. The molecule has 2 aliphatic heterocycles. The van der Waals surface area contributed by atoms with E-state index >= 15 is 0 Å². The second-order valence-electron chi connectivity index (χ2n) is 8.92. The number of nitrogens with one attached hydrogen (secondary N) is 1. The van der Waals surface area contributed by atoms with Gasteiger partial charge in [-0.3, -0.25) is 4.99 Å². The van der Waals surface area contributed by atoms with E-state index in [2.05, 4.69) is 89.5 Å². The molecule has 1 aromatic rings. The van der Waals surface area contributed by atoms with Crippen molar-refractivity contribution in [1.29, 1.82) is 0 Å². The molecule has 0 bridgehead atoms. The Hall–Kier alpha value is -1.45. The summed E-state index contributed by atoms with van der Waals surface area (Å²) in [5, 5.41) is 0. The highest BCUT2D eigenvalue weighted by Crippen LogP contribution is 2.50. The number of rotatable bonds is 2. The fourth-order valence-electron chi connectivity index (χ4n) is 3.57. The number of benzene rings is 1. The molecule has 1 aromatic carbocycles. The summed E-state index contributed by atoms with van der Waals surface area (Å²) in [7, 11) is 0. The molecule has 2 atom stereocenters. The fraction of sp³-hybridized carbons (Fsp3) is 0.550. The topological polar surface area (TPSA) is 34.3 Å². The smallest absolute Gasteiger partial charge is 0.255 e. The van der Waals surface area contributed by atoms with Gasteiger partial charge in [-0.1, -0.05) is 66.0 Å². The largest absolute Gasteiger partial charge is 0.258 e. The maximum absolute atomic E-state index is 4.39. The van der Waals surface area contributed by atoms with Gasteiger partial charge in [0.05, 0.1) is 12.4 Å². The Kier molecular flexibility index (Phi) is 3.41. The first-order valence-electron chi connectivity index (χ1n) is 8.62. The zero-order valence-corrected chi connectivity index (χ0v) is 15.6. The van der Waals surface area contributed by atoms with Gasteiger partial charge in [0.1, 0.15) is 6.20 Å². The molecule has 0 radical (unpaired) electrons. The third kappa shape index (κ3) is 2.38. The fourth-order valence-corrected chi connectivity index (χ4v) is 3.57. The maximum Gasteiger partial charge on any atom is 0.258 e. The lowest BCUT2D eigenvalue weighted by Crippen LogP contribution is -2.36. The number of quaternary nitrogens is 1. The summed E-state index contributed by atoms with van der Waals surface area (Å²) in [5.41, 5.74) is 8.01. The maximum atomic E-state index is 4.39. The Bertz CT molecular complexity index is 688. The van der Waals surface area contributed by atoms with Crippen LogP contribution < -0.4 is 10.0 Å². The van der Waals surface area contributed by atoms with E-state index < -0.39 is 0 Å². The van der Waals surface area contributed by atoms with Gasteiger partial charge in [-0.2, -0.15) is 4.59 Å². The van der Waals surface area contributed by atoms with Crippen molar-refractivity contribution in [3.63, 3.8) is 0 Å². The van der Waals surface area contributed by atoms with Crippen molar-refractivity contribution in [2.24, 2.45) is 4.99 Å². The first kappa shape index (κ1) is 16.4. The highest BCUT2D eigenvalue weighted by Gasteiger charge is 2.70. The van der Waals surface area contributed by atoms with Crippen molar-refractivity contribution in [3.05, 3.63) is 41.7 Å². The second-order valence-corrected chi connectivity index (χ2v) is 8.92. The van der Waals surface area contributed by atoms with Gasteiger partial charge in [0.2, 0.25) is 0 Å². The second kappa shape index (κ2) is 4.78. The van der Waals surface area contributed by atoms with Gasteiger partial charge in [0.15, 0.2) is 5.69 Å². The molecule has 2 unspecified atom stereocenters. The van der Waals surface area contributed by atoms with Crippen molar-refractivity contribution in [2.45, 2.75) is 71.4 Å². The summed E-state index contributed by atoms with van der Waals surface area (Å²) >= 11 is 0. The average molecular weight is 312 g/mol. The van der Waals surface area contributed by atoms with Gasteiger partial charge >= 0.3 is 0 Å². The van der Waals surface area contributed by atoms with Crippen LogP contribution in [-0.4, -0.2) is 11.9 Å². The van der Waals surface area contributed by atoms with E-state index in [4.69, 9.17) is 0 Å². The summed E-state index contributed by atoms with van der Waals surface area (Å²) < 4.78 is 0.698. The van der Waals surface area contributed by atoms with Gasteiger partial charge in [0.25, 0.3) is 5.66 Å². The van der Waals surface area contributed by atoms with E-state index in [1.807, 2.05) is 6.20 Å². The van der Waals surface area contributed by atoms with Crippen LogP contribution in [0.5, 0.6) is 0 Å². The molecule has 3 heteroatoms. The van der Waals surface area contributed by atoms with Crippen molar-refractivity contribution in [3.8, 4) is 0 Å². The van der Waals surface area contributed by atoms with E-state index in [1.54, 1.807) is 0 Å². The lowest BCUT2D eigenvalue weighted by Gasteiger charge is -2.29. The van der Waals surface area contributed by atoms with Crippen LogP contribution in [0, 0.1) is 0 Å². The SMILES string of the molecule is CCC12C=NC=C[N+]1(c1cc(C(C)(C)C)ccc1C(C)(C)C)N2. The first-order valence-corrected chi connectivity index (χ1v) is 8.62. The summed E-state index contributed by atoms with van der Waals surface area (Å²) in [6, 6.07) is 7.01. The highest BCUT2D eigenvalue weighted by atomic mass is 15.9. The molecule has 2 heterocycles. The number of fused-ring (bicyclic) bond motifs is 1. The summed E-state index contributed by atoms with van der Waals surface area (Å²) in [4.78, 5) is 4.39. The Morgan fingerprint density at radius 3 is 2.35 bits per heavy atom. The molecular weight excluding hydrogens is 282 g/mol. The molecule has 1 saturated heterocycles. The van der Waals surface area contributed by atoms with Gasteiger partial charge in [-0.15, -0.1) is 0 Å². The monoisotopic (exact) mass is 312 g/mol. The number of hydrogen-bond donors (Lipinski definition) is 1. The summed E-state index contributed by atoms with van der Waals surface area (Å²) in [6.45, 7) is 15.9. The molecule has 0 amide bonds. The van der Waals surface area contributed by atoms with Crippen LogP contribution in [0.1, 0.15) is 66.0 Å². The molecular formula is C20H30N3+. The first-order chi connectivity index (χ1) is 10.6. The van der Waals surface area contributed by atoms with Crippen molar-refractivity contribution >= 4 is 11.9 Å². The van der Waals surface area contributed by atoms with E-state index in [0.29, 0.717) is 4.59 Å². The molecule has 23 heavy (non-hydrogen) atoms. The third-order valence-electron chi connectivity index (χ3n) is 5.20. The zero-order valence-electron chi connectivity index (χ0n) is 15.6. The summed E-state index contributed by atoms with van der Waals surface area (Å²) in [5.74, 6) is 0.